The highest BCUT2D eigenvalue weighted by Crippen LogP contribution is 2.45. The first-order chi connectivity index (χ1) is 39.1. The molecule has 19 heteroatoms. The van der Waals surface area contributed by atoms with Crippen molar-refractivity contribution in [1.29, 1.82) is 0 Å². The molecule has 0 fully saturated rings. The maximum atomic E-state index is 13.0. The first kappa shape index (κ1) is 80.1. The number of phosphoric acid groups is 2. The summed E-state index contributed by atoms with van der Waals surface area (Å²) in [6.45, 7) is 13.9. The Bertz CT molecular complexity index is 1650. The summed E-state index contributed by atoms with van der Waals surface area (Å²) >= 11 is 0. The van der Waals surface area contributed by atoms with Gasteiger partial charge in [-0.2, -0.15) is 0 Å². The lowest BCUT2D eigenvalue weighted by molar-refractivity contribution is -0.161. The molecule has 0 amide bonds. The van der Waals surface area contributed by atoms with E-state index in [0.717, 1.165) is 115 Å². The average molecular weight is 1210 g/mol. The third kappa shape index (κ3) is 55.9. The summed E-state index contributed by atoms with van der Waals surface area (Å²) in [6.07, 6.45) is 32.3. The summed E-state index contributed by atoms with van der Waals surface area (Å²) in [5.41, 5.74) is 0. The molecule has 3 unspecified atom stereocenters. The number of unbranched alkanes of at least 4 members (excludes halogenated alkanes) is 25. The number of aliphatic hydroxyl groups is 1. The lowest BCUT2D eigenvalue weighted by Crippen LogP contribution is -2.30. The number of rotatable bonds is 60. The second-order valence-electron chi connectivity index (χ2n) is 24.5. The van der Waals surface area contributed by atoms with Gasteiger partial charge in [-0.25, -0.2) is 9.13 Å². The first-order valence-corrected chi connectivity index (χ1v) is 35.7. The average Bonchev–Trinajstić information content (AvgIpc) is 3.44. The fourth-order valence-corrected chi connectivity index (χ4v) is 10.8. The Balaban J connectivity index is 5.26. The quantitative estimate of drug-likeness (QED) is 0.0222. The number of ether oxygens (including phenoxy) is 4. The van der Waals surface area contributed by atoms with Crippen LogP contribution in [0.4, 0.5) is 0 Å². The van der Waals surface area contributed by atoms with Gasteiger partial charge in [0.25, 0.3) is 0 Å². The molecule has 0 aliphatic heterocycles. The Morgan fingerprint density at radius 2 is 0.585 bits per heavy atom. The monoisotopic (exact) mass is 1210 g/mol. The topological polar surface area (TPSA) is 237 Å². The second-order valence-corrected chi connectivity index (χ2v) is 27.4. The molecule has 0 radical (unpaired) electrons. The standard InChI is InChI=1S/C63H122O17P2/c1-9-56(8)42-34-26-17-11-13-19-30-38-46-63(68)79-58(49-73-60(65)43-35-27-20-14-16-24-32-40-54(4)5)51-77-81(69,70)75-47-57(64)48-76-82(71,72)78-52-59(50-74-61(66)44-36-28-22-21-25-33-41-55(6)7)80-62(67)45-37-29-18-12-10-15-23-31-39-53(2)3/h53-59,64H,9-52H2,1-8H3,(H,69,70)(H,71,72)/t56?,57-,58-,59-/m1/s1. The van der Waals surface area contributed by atoms with E-state index in [2.05, 4.69) is 55.4 Å². The van der Waals surface area contributed by atoms with Gasteiger partial charge in [-0.05, 0) is 49.4 Å². The Hall–Kier alpha value is -1.94. The molecule has 0 aliphatic carbocycles. The minimum Gasteiger partial charge on any atom is -0.462 e. The lowest BCUT2D eigenvalue weighted by Gasteiger charge is -2.21. The normalized spacial score (nSPS) is 14.8. The van der Waals surface area contributed by atoms with Crippen molar-refractivity contribution in [3.63, 3.8) is 0 Å². The smallest absolute Gasteiger partial charge is 0.462 e. The van der Waals surface area contributed by atoms with Gasteiger partial charge in [0, 0.05) is 25.7 Å². The van der Waals surface area contributed by atoms with Crippen molar-refractivity contribution in [3.05, 3.63) is 0 Å². The van der Waals surface area contributed by atoms with E-state index in [4.69, 9.17) is 37.0 Å². The highest BCUT2D eigenvalue weighted by atomic mass is 31.2. The zero-order valence-electron chi connectivity index (χ0n) is 53.1. The lowest BCUT2D eigenvalue weighted by atomic mass is 9.99. The van der Waals surface area contributed by atoms with E-state index in [0.29, 0.717) is 37.5 Å². The molecule has 0 heterocycles. The van der Waals surface area contributed by atoms with E-state index in [-0.39, 0.29) is 25.7 Å². The summed E-state index contributed by atoms with van der Waals surface area (Å²) in [4.78, 5) is 72.1. The van der Waals surface area contributed by atoms with Gasteiger partial charge in [0.15, 0.2) is 12.2 Å². The van der Waals surface area contributed by atoms with E-state index in [9.17, 15) is 43.2 Å². The fraction of sp³-hybridized carbons (Fsp3) is 0.937. The molecule has 0 rings (SSSR count). The molecule has 3 N–H and O–H groups in total. The molecule has 0 aliphatic rings. The van der Waals surface area contributed by atoms with Crippen LogP contribution in [0.3, 0.4) is 0 Å². The van der Waals surface area contributed by atoms with Crippen LogP contribution in [-0.4, -0.2) is 96.7 Å². The van der Waals surface area contributed by atoms with Crippen molar-refractivity contribution in [2.75, 3.05) is 39.6 Å². The maximum absolute atomic E-state index is 13.0. The largest absolute Gasteiger partial charge is 0.472 e. The van der Waals surface area contributed by atoms with Gasteiger partial charge in [0.05, 0.1) is 26.4 Å². The minimum atomic E-state index is -4.94. The molecular weight excluding hydrogens is 1090 g/mol. The van der Waals surface area contributed by atoms with Crippen molar-refractivity contribution in [2.45, 2.75) is 318 Å². The van der Waals surface area contributed by atoms with Crippen molar-refractivity contribution < 1.29 is 80.2 Å². The van der Waals surface area contributed by atoms with Gasteiger partial charge in [-0.15, -0.1) is 0 Å². The summed E-state index contributed by atoms with van der Waals surface area (Å²) in [5.74, 6) is 0.728. The van der Waals surface area contributed by atoms with Crippen molar-refractivity contribution in [1.82, 2.24) is 0 Å². The van der Waals surface area contributed by atoms with Crippen molar-refractivity contribution in [2.24, 2.45) is 23.7 Å². The highest BCUT2D eigenvalue weighted by Gasteiger charge is 2.30. The number of hydrogen-bond acceptors (Lipinski definition) is 15. The Morgan fingerprint density at radius 1 is 0.341 bits per heavy atom. The molecule has 0 aromatic carbocycles. The van der Waals surface area contributed by atoms with Crippen LogP contribution in [0.15, 0.2) is 0 Å². The molecule has 486 valence electrons. The Labute approximate surface area is 498 Å². The first-order valence-electron chi connectivity index (χ1n) is 32.7. The van der Waals surface area contributed by atoms with Gasteiger partial charge in [0.2, 0.25) is 0 Å². The van der Waals surface area contributed by atoms with Crippen LogP contribution in [0.25, 0.3) is 0 Å². The molecule has 0 spiro atoms. The Kier molecular flexibility index (Phi) is 52.0. The van der Waals surface area contributed by atoms with Gasteiger partial charge in [-0.1, -0.05) is 248 Å². The van der Waals surface area contributed by atoms with Crippen LogP contribution in [0, 0.1) is 23.7 Å². The summed E-state index contributed by atoms with van der Waals surface area (Å²) in [5, 5.41) is 10.5. The molecule has 17 nitrogen and oxygen atoms in total. The Morgan fingerprint density at radius 3 is 0.866 bits per heavy atom. The number of phosphoric ester groups is 2. The van der Waals surface area contributed by atoms with E-state index in [1.165, 1.54) is 89.9 Å². The van der Waals surface area contributed by atoms with E-state index >= 15 is 0 Å². The molecule has 0 aromatic rings. The molecule has 0 aromatic heterocycles. The zero-order chi connectivity index (χ0) is 61.1. The molecule has 0 saturated heterocycles. The van der Waals surface area contributed by atoms with Gasteiger partial charge < -0.3 is 33.8 Å². The molecular formula is C63H122O17P2. The van der Waals surface area contributed by atoms with Crippen molar-refractivity contribution in [3.8, 4) is 0 Å². The number of esters is 4. The minimum absolute atomic E-state index is 0.103. The number of aliphatic hydroxyl groups excluding tert-OH is 1. The molecule has 82 heavy (non-hydrogen) atoms. The van der Waals surface area contributed by atoms with Crippen LogP contribution in [0.5, 0.6) is 0 Å². The third-order valence-corrected chi connectivity index (χ3v) is 16.6. The summed E-state index contributed by atoms with van der Waals surface area (Å²) < 4.78 is 67.9. The third-order valence-electron chi connectivity index (χ3n) is 14.7. The van der Waals surface area contributed by atoms with Crippen LogP contribution in [-0.2, 0) is 65.4 Å². The van der Waals surface area contributed by atoms with Gasteiger partial charge in [-0.3, -0.25) is 37.3 Å². The van der Waals surface area contributed by atoms with Crippen LogP contribution < -0.4 is 0 Å². The van der Waals surface area contributed by atoms with E-state index < -0.39 is 97.5 Å². The van der Waals surface area contributed by atoms with Crippen LogP contribution in [0.1, 0.15) is 299 Å². The second kappa shape index (κ2) is 53.3. The molecule has 0 saturated carbocycles. The maximum Gasteiger partial charge on any atom is 0.472 e. The van der Waals surface area contributed by atoms with Gasteiger partial charge >= 0.3 is 39.5 Å². The number of hydrogen-bond donors (Lipinski definition) is 3. The summed E-state index contributed by atoms with van der Waals surface area (Å²) in [6, 6.07) is 0. The van der Waals surface area contributed by atoms with Crippen LogP contribution >= 0.6 is 15.6 Å². The fourth-order valence-electron chi connectivity index (χ4n) is 9.22. The van der Waals surface area contributed by atoms with Gasteiger partial charge in [0.1, 0.15) is 19.3 Å². The number of carbonyl (C=O) groups excluding carboxylic acids is 4. The van der Waals surface area contributed by atoms with E-state index in [1.807, 2.05) is 0 Å². The predicted molar refractivity (Wildman–Crippen MR) is 326 cm³/mol. The highest BCUT2D eigenvalue weighted by molar-refractivity contribution is 7.47. The van der Waals surface area contributed by atoms with E-state index in [1.54, 1.807) is 0 Å². The SMILES string of the molecule is CCC(C)CCCCCCCCCCC(=O)O[C@H](COC(=O)CCCCCCCCCC(C)C)COP(=O)(O)OC[C@@H](O)COP(=O)(O)OC[C@@H](COC(=O)CCCCCCCCC(C)C)OC(=O)CCCCCCCCCCC(C)C. The predicted octanol–water partition coefficient (Wildman–Crippen LogP) is 17.0. The zero-order valence-corrected chi connectivity index (χ0v) is 54.9. The van der Waals surface area contributed by atoms with Crippen molar-refractivity contribution >= 4 is 39.5 Å². The molecule has 0 bridgehead atoms. The number of carbonyl (C=O) groups is 4. The van der Waals surface area contributed by atoms with Crippen LogP contribution in [0.2, 0.25) is 0 Å². The molecule has 6 atom stereocenters. The summed E-state index contributed by atoms with van der Waals surface area (Å²) in [7, 11) is -9.89.